The van der Waals surface area contributed by atoms with Gasteiger partial charge in [0, 0.05) is 12.8 Å². The van der Waals surface area contributed by atoms with Gasteiger partial charge in [-0.1, -0.05) is 135 Å². The maximum absolute atomic E-state index is 10.9. The molecule has 0 spiro atoms. The minimum Gasteiger partial charge on any atom is -0.481 e. The number of aliphatic carboxylic acids is 2. The first-order valence-electron chi connectivity index (χ1n) is 14.0. The van der Waals surface area contributed by atoms with Crippen LogP contribution in [0, 0.1) is 5.92 Å². The van der Waals surface area contributed by atoms with E-state index in [0.717, 1.165) is 19.3 Å². The van der Waals surface area contributed by atoms with Crippen LogP contribution >= 0.6 is 0 Å². The lowest BCUT2D eigenvalue weighted by molar-refractivity contribution is -0.140. The molecule has 0 rings (SSSR count). The number of rotatable bonds is 26. The second kappa shape index (κ2) is 24.6. The molecule has 190 valence electrons. The molecular formula is C28H54O4. The van der Waals surface area contributed by atoms with Crippen molar-refractivity contribution in [3.8, 4) is 0 Å². The lowest BCUT2D eigenvalue weighted by Gasteiger charge is -2.13. The van der Waals surface area contributed by atoms with Crippen LogP contribution in [0.3, 0.4) is 0 Å². The molecule has 0 aromatic rings. The average molecular weight is 455 g/mol. The SMILES string of the molecule is CCCCCCCCCCCCCCCCCCCCCCC(CCC(=O)O)CC(=O)O. The summed E-state index contributed by atoms with van der Waals surface area (Å²) >= 11 is 0. The Hall–Kier alpha value is -1.06. The lowest BCUT2D eigenvalue weighted by atomic mass is 9.92. The van der Waals surface area contributed by atoms with Crippen molar-refractivity contribution < 1.29 is 19.8 Å². The van der Waals surface area contributed by atoms with E-state index in [4.69, 9.17) is 10.2 Å². The van der Waals surface area contributed by atoms with Gasteiger partial charge in [0.05, 0.1) is 0 Å². The largest absolute Gasteiger partial charge is 0.481 e. The van der Waals surface area contributed by atoms with Crippen molar-refractivity contribution in [1.29, 1.82) is 0 Å². The van der Waals surface area contributed by atoms with Gasteiger partial charge in [-0.2, -0.15) is 0 Å². The molecule has 0 heterocycles. The quantitative estimate of drug-likeness (QED) is 0.128. The summed E-state index contributed by atoms with van der Waals surface area (Å²) in [5, 5.41) is 17.8. The number of hydrogen-bond acceptors (Lipinski definition) is 2. The zero-order valence-corrected chi connectivity index (χ0v) is 21.3. The van der Waals surface area contributed by atoms with E-state index in [0.29, 0.717) is 6.42 Å². The van der Waals surface area contributed by atoms with Gasteiger partial charge in [-0.15, -0.1) is 0 Å². The monoisotopic (exact) mass is 454 g/mol. The number of hydrogen-bond donors (Lipinski definition) is 2. The van der Waals surface area contributed by atoms with Gasteiger partial charge in [0.15, 0.2) is 0 Å². The summed E-state index contributed by atoms with van der Waals surface area (Å²) < 4.78 is 0. The highest BCUT2D eigenvalue weighted by atomic mass is 16.4. The molecule has 0 aliphatic carbocycles. The molecule has 0 aromatic heterocycles. The molecule has 4 heteroatoms. The van der Waals surface area contributed by atoms with Crippen LogP contribution in [0.2, 0.25) is 0 Å². The fourth-order valence-corrected chi connectivity index (χ4v) is 4.61. The zero-order chi connectivity index (χ0) is 23.7. The highest BCUT2D eigenvalue weighted by molar-refractivity contribution is 5.68. The average Bonchev–Trinajstić information content (AvgIpc) is 2.75. The van der Waals surface area contributed by atoms with Crippen molar-refractivity contribution in [2.45, 2.75) is 161 Å². The Morgan fingerprint density at radius 1 is 0.500 bits per heavy atom. The standard InChI is InChI=1S/C28H54O4/c1-2-3-4-5-6-7-8-9-10-11-12-13-14-15-16-17-18-19-20-21-22-26(25-28(31)32)23-24-27(29)30/h26H,2-25H2,1H3,(H,29,30)(H,31,32). The Kier molecular flexibility index (Phi) is 23.8. The predicted octanol–water partition coefficient (Wildman–Crippen LogP) is 9.15. The van der Waals surface area contributed by atoms with Crippen LogP contribution in [0.1, 0.15) is 161 Å². The molecule has 32 heavy (non-hydrogen) atoms. The van der Waals surface area contributed by atoms with Crippen molar-refractivity contribution in [3.05, 3.63) is 0 Å². The van der Waals surface area contributed by atoms with Crippen molar-refractivity contribution in [3.63, 3.8) is 0 Å². The van der Waals surface area contributed by atoms with Gasteiger partial charge in [-0.05, 0) is 18.8 Å². The molecule has 2 N–H and O–H groups in total. The minimum atomic E-state index is -0.830. The van der Waals surface area contributed by atoms with Crippen LogP contribution in [0.25, 0.3) is 0 Å². The summed E-state index contributed by atoms with van der Waals surface area (Å²) in [5.74, 6) is -1.63. The number of carboxylic acid groups (broad SMARTS) is 2. The van der Waals surface area contributed by atoms with Gasteiger partial charge in [-0.3, -0.25) is 9.59 Å². The van der Waals surface area contributed by atoms with Gasteiger partial charge in [0.1, 0.15) is 0 Å². The molecule has 0 aromatic carbocycles. The molecule has 0 saturated heterocycles. The van der Waals surface area contributed by atoms with E-state index >= 15 is 0 Å². The number of carbonyl (C=O) groups is 2. The fourth-order valence-electron chi connectivity index (χ4n) is 4.61. The second-order valence-electron chi connectivity index (χ2n) is 9.90. The molecular weight excluding hydrogens is 400 g/mol. The van der Waals surface area contributed by atoms with Crippen molar-refractivity contribution in [2.75, 3.05) is 0 Å². The first kappa shape index (κ1) is 30.9. The summed E-state index contributed by atoms with van der Waals surface area (Å²) in [7, 11) is 0. The highest BCUT2D eigenvalue weighted by Gasteiger charge is 2.14. The molecule has 0 aliphatic heterocycles. The van der Waals surface area contributed by atoms with Gasteiger partial charge in [0.2, 0.25) is 0 Å². The third kappa shape index (κ3) is 25.2. The Labute approximate surface area is 199 Å². The van der Waals surface area contributed by atoms with E-state index in [9.17, 15) is 9.59 Å². The minimum absolute atomic E-state index is 0.0131. The maximum Gasteiger partial charge on any atom is 0.303 e. The smallest absolute Gasteiger partial charge is 0.303 e. The molecule has 1 unspecified atom stereocenters. The maximum atomic E-state index is 10.9. The van der Waals surface area contributed by atoms with Crippen molar-refractivity contribution in [2.24, 2.45) is 5.92 Å². The van der Waals surface area contributed by atoms with Crippen LogP contribution in [-0.2, 0) is 9.59 Å². The second-order valence-corrected chi connectivity index (χ2v) is 9.90. The molecule has 0 aliphatic rings. The van der Waals surface area contributed by atoms with E-state index < -0.39 is 11.9 Å². The van der Waals surface area contributed by atoms with Crippen molar-refractivity contribution >= 4 is 11.9 Å². The van der Waals surface area contributed by atoms with E-state index in [1.807, 2.05) is 0 Å². The van der Waals surface area contributed by atoms with Gasteiger partial charge in [0.25, 0.3) is 0 Å². The molecule has 0 radical (unpaired) electrons. The Morgan fingerprint density at radius 2 is 0.844 bits per heavy atom. The summed E-state index contributed by atoms with van der Waals surface area (Å²) in [6, 6.07) is 0. The Morgan fingerprint density at radius 3 is 1.16 bits per heavy atom. The predicted molar refractivity (Wildman–Crippen MR) is 135 cm³/mol. The van der Waals surface area contributed by atoms with Crippen LogP contribution in [0.4, 0.5) is 0 Å². The number of unbranched alkanes of at least 4 members (excludes halogenated alkanes) is 19. The third-order valence-electron chi connectivity index (χ3n) is 6.70. The summed E-state index contributed by atoms with van der Waals surface area (Å²) in [6.07, 6.45) is 28.6. The Balaban J connectivity index is 3.30. The van der Waals surface area contributed by atoms with Crippen molar-refractivity contribution in [1.82, 2.24) is 0 Å². The summed E-state index contributed by atoms with van der Waals surface area (Å²) in [6.45, 7) is 2.28. The highest BCUT2D eigenvalue weighted by Crippen LogP contribution is 2.21. The lowest BCUT2D eigenvalue weighted by Crippen LogP contribution is -2.10. The van der Waals surface area contributed by atoms with E-state index in [2.05, 4.69) is 6.92 Å². The Bertz CT molecular complexity index is 422. The molecule has 0 amide bonds. The topological polar surface area (TPSA) is 74.6 Å². The van der Waals surface area contributed by atoms with E-state index in [1.165, 1.54) is 116 Å². The van der Waals surface area contributed by atoms with Crippen LogP contribution in [0.5, 0.6) is 0 Å². The van der Waals surface area contributed by atoms with Gasteiger partial charge < -0.3 is 10.2 Å². The molecule has 0 saturated carbocycles. The van der Waals surface area contributed by atoms with Gasteiger partial charge >= 0.3 is 11.9 Å². The number of carboxylic acids is 2. The molecule has 0 fully saturated rings. The molecule has 4 nitrogen and oxygen atoms in total. The first-order valence-corrected chi connectivity index (χ1v) is 14.0. The van der Waals surface area contributed by atoms with E-state index in [-0.39, 0.29) is 18.8 Å². The summed E-state index contributed by atoms with van der Waals surface area (Å²) in [4.78, 5) is 21.6. The van der Waals surface area contributed by atoms with E-state index in [1.54, 1.807) is 0 Å². The van der Waals surface area contributed by atoms with Crippen LogP contribution in [0.15, 0.2) is 0 Å². The summed E-state index contributed by atoms with van der Waals surface area (Å²) in [5.41, 5.74) is 0. The first-order chi connectivity index (χ1) is 15.6. The molecule has 0 bridgehead atoms. The molecule has 1 atom stereocenters. The normalized spacial score (nSPS) is 12.2. The zero-order valence-electron chi connectivity index (χ0n) is 21.3. The van der Waals surface area contributed by atoms with Crippen LogP contribution in [-0.4, -0.2) is 22.2 Å². The van der Waals surface area contributed by atoms with Gasteiger partial charge in [-0.25, -0.2) is 0 Å². The van der Waals surface area contributed by atoms with Crippen LogP contribution < -0.4 is 0 Å². The third-order valence-corrected chi connectivity index (χ3v) is 6.70. The fraction of sp³-hybridized carbons (Fsp3) is 0.929.